The number of nitrogens with one attached hydrogen (secondary N) is 1. The molecule has 1 N–H and O–H groups in total. The molecule has 154 valence electrons. The van der Waals surface area contributed by atoms with Crippen molar-refractivity contribution < 1.29 is 19.0 Å². The molecule has 0 aliphatic carbocycles. The molecule has 0 radical (unpaired) electrons. The van der Waals surface area contributed by atoms with Crippen LogP contribution in [0.2, 0.25) is 5.02 Å². The number of ether oxygens (including phenoxy) is 3. The van der Waals surface area contributed by atoms with Crippen molar-refractivity contribution in [3.05, 3.63) is 57.0 Å². The van der Waals surface area contributed by atoms with E-state index in [4.69, 9.17) is 25.8 Å². The largest absolute Gasteiger partial charge is 0.486 e. The average molecular weight is 481 g/mol. The molecule has 4 rings (SSSR count). The van der Waals surface area contributed by atoms with E-state index in [2.05, 4.69) is 21.2 Å². The second-order valence-corrected chi connectivity index (χ2v) is 8.63. The maximum atomic E-state index is 13.2. The normalized spacial score (nSPS) is 17.6. The standard InChI is InChI=1S/C22H23BrClNO4/c23-17-3-1-16(2-4-17)22(6-9-27-10-7-22)21(26)25-8-5-15-13-18(24)20-19(14-15)28-11-12-29-20/h1-4,13-14H,5-12H2,(H,25,26). The van der Waals surface area contributed by atoms with Crippen LogP contribution in [0.25, 0.3) is 0 Å². The number of hydrogen-bond acceptors (Lipinski definition) is 4. The summed E-state index contributed by atoms with van der Waals surface area (Å²) in [6.45, 7) is 2.71. The van der Waals surface area contributed by atoms with Crippen molar-refractivity contribution in [1.82, 2.24) is 5.32 Å². The van der Waals surface area contributed by atoms with E-state index >= 15 is 0 Å². The van der Waals surface area contributed by atoms with Gasteiger partial charge in [0, 0.05) is 24.2 Å². The van der Waals surface area contributed by atoms with E-state index in [1.54, 1.807) is 0 Å². The molecule has 0 unspecified atom stereocenters. The summed E-state index contributed by atoms with van der Waals surface area (Å²) in [5.74, 6) is 1.31. The van der Waals surface area contributed by atoms with Crippen molar-refractivity contribution in [2.75, 3.05) is 33.0 Å². The van der Waals surface area contributed by atoms with Gasteiger partial charge in [0.25, 0.3) is 0 Å². The quantitative estimate of drug-likeness (QED) is 0.694. The SMILES string of the molecule is O=C(NCCc1cc(Cl)c2c(c1)OCCO2)C1(c2ccc(Br)cc2)CCOCC1. The molecule has 5 nitrogen and oxygen atoms in total. The lowest BCUT2D eigenvalue weighted by Gasteiger charge is -2.36. The van der Waals surface area contributed by atoms with E-state index in [1.165, 1.54) is 0 Å². The maximum Gasteiger partial charge on any atom is 0.230 e. The van der Waals surface area contributed by atoms with Crippen LogP contribution in [-0.2, 0) is 21.4 Å². The molecule has 29 heavy (non-hydrogen) atoms. The first-order chi connectivity index (χ1) is 14.1. The van der Waals surface area contributed by atoms with Crippen molar-refractivity contribution in [1.29, 1.82) is 0 Å². The lowest BCUT2D eigenvalue weighted by molar-refractivity contribution is -0.130. The summed E-state index contributed by atoms with van der Waals surface area (Å²) in [5, 5.41) is 3.67. The zero-order valence-electron chi connectivity index (χ0n) is 16.0. The molecule has 0 atom stereocenters. The van der Waals surface area contributed by atoms with Crippen LogP contribution in [0.1, 0.15) is 24.0 Å². The van der Waals surface area contributed by atoms with Crippen molar-refractivity contribution in [3.63, 3.8) is 0 Å². The number of benzene rings is 2. The van der Waals surface area contributed by atoms with E-state index in [9.17, 15) is 4.79 Å². The van der Waals surface area contributed by atoms with Gasteiger partial charge in [0.05, 0.1) is 10.4 Å². The maximum absolute atomic E-state index is 13.2. The van der Waals surface area contributed by atoms with Crippen molar-refractivity contribution >= 4 is 33.4 Å². The Balaban J connectivity index is 1.45. The summed E-state index contributed by atoms with van der Waals surface area (Å²) < 4.78 is 17.7. The number of carbonyl (C=O) groups is 1. The molecular weight excluding hydrogens is 458 g/mol. The highest BCUT2D eigenvalue weighted by atomic mass is 79.9. The van der Waals surface area contributed by atoms with E-state index in [0.717, 1.165) is 15.6 Å². The van der Waals surface area contributed by atoms with E-state index in [1.807, 2.05) is 36.4 Å². The van der Waals surface area contributed by atoms with Crippen LogP contribution in [0.4, 0.5) is 0 Å². The molecule has 2 aromatic carbocycles. The summed E-state index contributed by atoms with van der Waals surface area (Å²) in [4.78, 5) is 13.2. The molecule has 1 fully saturated rings. The van der Waals surface area contributed by atoms with Gasteiger partial charge in [0.2, 0.25) is 5.91 Å². The monoisotopic (exact) mass is 479 g/mol. The third-order valence-corrected chi connectivity index (χ3v) is 6.34. The topological polar surface area (TPSA) is 56.8 Å². The van der Waals surface area contributed by atoms with Crippen molar-refractivity contribution in [2.45, 2.75) is 24.7 Å². The highest BCUT2D eigenvalue weighted by Gasteiger charge is 2.41. The van der Waals surface area contributed by atoms with Crippen LogP contribution in [0.5, 0.6) is 11.5 Å². The Bertz CT molecular complexity index is 881. The van der Waals surface area contributed by atoms with E-state index in [0.29, 0.717) is 68.8 Å². The number of hydrogen-bond donors (Lipinski definition) is 1. The second kappa shape index (κ2) is 8.94. The van der Waals surface area contributed by atoms with E-state index in [-0.39, 0.29) is 5.91 Å². The zero-order valence-corrected chi connectivity index (χ0v) is 18.4. The molecule has 1 saturated heterocycles. The van der Waals surface area contributed by atoms with Crippen LogP contribution in [0.3, 0.4) is 0 Å². The molecule has 0 bridgehead atoms. The minimum Gasteiger partial charge on any atom is -0.486 e. The number of halogens is 2. The van der Waals surface area contributed by atoms with Gasteiger partial charge in [-0.3, -0.25) is 4.79 Å². The molecule has 1 amide bonds. The predicted molar refractivity (Wildman–Crippen MR) is 115 cm³/mol. The fourth-order valence-electron chi connectivity index (χ4n) is 3.93. The van der Waals surface area contributed by atoms with Crippen LogP contribution < -0.4 is 14.8 Å². The van der Waals surface area contributed by atoms with Gasteiger partial charge in [0.1, 0.15) is 13.2 Å². The highest BCUT2D eigenvalue weighted by Crippen LogP contribution is 2.39. The molecule has 2 aliphatic rings. The Labute approximate surface area is 183 Å². The molecule has 0 aromatic heterocycles. The van der Waals surface area contributed by atoms with E-state index < -0.39 is 5.41 Å². The third kappa shape index (κ3) is 4.39. The number of amides is 1. The van der Waals surface area contributed by atoms with Crippen LogP contribution in [0, 0.1) is 0 Å². The van der Waals surface area contributed by atoms with Gasteiger partial charge >= 0.3 is 0 Å². The minimum atomic E-state index is -0.552. The molecule has 0 spiro atoms. The van der Waals surface area contributed by atoms with Gasteiger partial charge in [-0.05, 0) is 54.7 Å². The summed E-state index contributed by atoms with van der Waals surface area (Å²) in [6.07, 6.45) is 2.02. The Morgan fingerprint density at radius 2 is 1.79 bits per heavy atom. The lowest BCUT2D eigenvalue weighted by Crippen LogP contribution is -2.48. The third-order valence-electron chi connectivity index (χ3n) is 5.53. The number of fused-ring (bicyclic) bond motifs is 1. The molecule has 2 aromatic rings. The Morgan fingerprint density at radius 3 is 2.55 bits per heavy atom. The van der Waals surface area contributed by atoms with Crippen molar-refractivity contribution in [2.24, 2.45) is 0 Å². The first kappa shape index (κ1) is 20.5. The summed E-state index contributed by atoms with van der Waals surface area (Å²) in [5.41, 5.74) is 1.48. The van der Waals surface area contributed by atoms with Gasteiger partial charge in [-0.25, -0.2) is 0 Å². The van der Waals surface area contributed by atoms with Gasteiger partial charge in [-0.1, -0.05) is 39.7 Å². The Morgan fingerprint density at radius 1 is 1.07 bits per heavy atom. The highest BCUT2D eigenvalue weighted by molar-refractivity contribution is 9.10. The predicted octanol–water partition coefficient (Wildman–Crippen LogP) is 4.28. The van der Waals surface area contributed by atoms with Gasteiger partial charge in [-0.15, -0.1) is 0 Å². The Hall–Kier alpha value is -1.76. The average Bonchev–Trinajstić information content (AvgIpc) is 2.75. The van der Waals surface area contributed by atoms with Crippen LogP contribution in [0.15, 0.2) is 40.9 Å². The smallest absolute Gasteiger partial charge is 0.230 e. The summed E-state index contributed by atoms with van der Waals surface area (Å²) in [7, 11) is 0. The van der Waals surface area contributed by atoms with Crippen LogP contribution >= 0.6 is 27.5 Å². The number of carbonyl (C=O) groups excluding carboxylic acids is 1. The fraction of sp³-hybridized carbons (Fsp3) is 0.409. The first-order valence-corrected chi connectivity index (χ1v) is 11.0. The summed E-state index contributed by atoms with van der Waals surface area (Å²) >= 11 is 9.78. The van der Waals surface area contributed by atoms with Crippen LogP contribution in [-0.4, -0.2) is 38.9 Å². The molecule has 2 heterocycles. The van der Waals surface area contributed by atoms with Gasteiger partial charge in [-0.2, -0.15) is 0 Å². The van der Waals surface area contributed by atoms with Crippen molar-refractivity contribution in [3.8, 4) is 11.5 Å². The molecule has 0 saturated carbocycles. The molecule has 7 heteroatoms. The van der Waals surface area contributed by atoms with Gasteiger partial charge < -0.3 is 19.5 Å². The van der Waals surface area contributed by atoms with Gasteiger partial charge in [0.15, 0.2) is 11.5 Å². The minimum absolute atomic E-state index is 0.0479. The number of rotatable bonds is 5. The fourth-order valence-corrected chi connectivity index (χ4v) is 4.49. The molecular formula is C22H23BrClNO4. The molecule has 2 aliphatic heterocycles. The Kier molecular flexibility index (Phi) is 6.32. The summed E-state index contributed by atoms with van der Waals surface area (Å²) in [6, 6.07) is 11.8. The zero-order chi connectivity index (χ0) is 20.3. The second-order valence-electron chi connectivity index (χ2n) is 7.31. The first-order valence-electron chi connectivity index (χ1n) is 9.79. The lowest BCUT2D eigenvalue weighted by atomic mass is 9.73.